The van der Waals surface area contributed by atoms with Gasteiger partial charge in [0.1, 0.15) is 11.8 Å². The fourth-order valence-corrected chi connectivity index (χ4v) is 4.20. The molecule has 2 aromatic carbocycles. The Kier molecular flexibility index (Phi) is 7.14. The van der Waals surface area contributed by atoms with Crippen molar-refractivity contribution in [1.82, 2.24) is 4.90 Å². The van der Waals surface area contributed by atoms with Gasteiger partial charge in [-0.25, -0.2) is 0 Å². The molecule has 2 amide bonds. The van der Waals surface area contributed by atoms with Gasteiger partial charge in [-0.1, -0.05) is 12.1 Å². The maximum absolute atomic E-state index is 12.6. The highest BCUT2D eigenvalue weighted by Gasteiger charge is 2.34. The highest BCUT2D eigenvalue weighted by molar-refractivity contribution is 7.99. The van der Waals surface area contributed by atoms with Gasteiger partial charge in [0, 0.05) is 17.9 Å². The van der Waals surface area contributed by atoms with Crippen molar-refractivity contribution in [1.29, 1.82) is 5.26 Å². The standard InChI is InChI=1S/C22H23N3O3S/c1-16-4-2-5-19(12-16)28-11-3-6-21(26)25-15-29-14-20(25)22(27)24-18-9-7-17(13-23)8-10-18/h2,4-5,7-10,12,20H,3,6,11,14-15H2,1H3,(H,24,27). The smallest absolute Gasteiger partial charge is 0.248 e. The number of hydrogen-bond donors (Lipinski definition) is 1. The Bertz CT molecular complexity index is 908. The Hall–Kier alpha value is -2.98. The summed E-state index contributed by atoms with van der Waals surface area (Å²) in [4.78, 5) is 26.9. The lowest BCUT2D eigenvalue weighted by atomic mass is 10.2. The van der Waals surface area contributed by atoms with E-state index >= 15 is 0 Å². The molecule has 1 atom stereocenters. The van der Waals surface area contributed by atoms with E-state index in [9.17, 15) is 9.59 Å². The third-order valence-corrected chi connectivity index (χ3v) is 5.59. The predicted molar refractivity (Wildman–Crippen MR) is 114 cm³/mol. The molecule has 0 aromatic heterocycles. The molecular weight excluding hydrogens is 386 g/mol. The first kappa shape index (κ1) is 20.7. The average Bonchev–Trinajstić information content (AvgIpc) is 3.22. The number of ether oxygens (including phenoxy) is 1. The summed E-state index contributed by atoms with van der Waals surface area (Å²) in [5.41, 5.74) is 2.28. The summed E-state index contributed by atoms with van der Waals surface area (Å²) in [7, 11) is 0. The molecule has 150 valence electrons. The van der Waals surface area contributed by atoms with E-state index in [4.69, 9.17) is 10.00 Å². The fraction of sp³-hybridized carbons (Fsp3) is 0.318. The molecule has 1 N–H and O–H groups in total. The third kappa shape index (κ3) is 5.75. The second kappa shape index (κ2) is 9.99. The van der Waals surface area contributed by atoms with Crippen LogP contribution in [0, 0.1) is 18.3 Å². The number of anilines is 1. The van der Waals surface area contributed by atoms with E-state index in [1.807, 2.05) is 37.3 Å². The number of thioether (sulfide) groups is 1. The number of hydrogen-bond acceptors (Lipinski definition) is 5. The van der Waals surface area contributed by atoms with Crippen LogP contribution in [0.1, 0.15) is 24.0 Å². The Labute approximate surface area is 174 Å². The molecule has 2 aromatic rings. The topological polar surface area (TPSA) is 82.4 Å². The van der Waals surface area contributed by atoms with Crippen molar-refractivity contribution >= 4 is 29.3 Å². The highest BCUT2D eigenvalue weighted by Crippen LogP contribution is 2.23. The Morgan fingerprint density at radius 1 is 1.28 bits per heavy atom. The van der Waals surface area contributed by atoms with Crippen LogP contribution >= 0.6 is 11.8 Å². The van der Waals surface area contributed by atoms with Gasteiger partial charge >= 0.3 is 0 Å². The van der Waals surface area contributed by atoms with Crippen molar-refractivity contribution in [2.45, 2.75) is 25.8 Å². The summed E-state index contributed by atoms with van der Waals surface area (Å²) in [5, 5.41) is 11.7. The van der Waals surface area contributed by atoms with E-state index < -0.39 is 6.04 Å². The van der Waals surface area contributed by atoms with Crippen LogP contribution in [0.2, 0.25) is 0 Å². The van der Waals surface area contributed by atoms with E-state index in [1.165, 1.54) is 0 Å². The maximum atomic E-state index is 12.6. The van der Waals surface area contributed by atoms with E-state index in [1.54, 1.807) is 40.9 Å². The number of nitrogens with one attached hydrogen (secondary N) is 1. The second-order valence-corrected chi connectivity index (χ2v) is 7.83. The Morgan fingerprint density at radius 2 is 2.07 bits per heavy atom. The van der Waals surface area contributed by atoms with Gasteiger partial charge in [-0.05, 0) is 55.3 Å². The molecule has 0 aliphatic carbocycles. The molecule has 1 aliphatic rings. The van der Waals surface area contributed by atoms with Gasteiger partial charge in [0.2, 0.25) is 11.8 Å². The molecule has 1 unspecified atom stereocenters. The summed E-state index contributed by atoms with van der Waals surface area (Å²) >= 11 is 1.57. The number of rotatable bonds is 7. The van der Waals surface area contributed by atoms with Crippen molar-refractivity contribution in [3.8, 4) is 11.8 Å². The fourth-order valence-electron chi connectivity index (χ4n) is 3.02. The highest BCUT2D eigenvalue weighted by atomic mass is 32.2. The van der Waals surface area contributed by atoms with Crippen molar-refractivity contribution in [2.75, 3.05) is 23.6 Å². The number of carbonyl (C=O) groups excluding carboxylic acids is 2. The van der Waals surface area contributed by atoms with Crippen LogP contribution in [0.15, 0.2) is 48.5 Å². The zero-order valence-electron chi connectivity index (χ0n) is 16.3. The van der Waals surface area contributed by atoms with Gasteiger partial charge in [0.25, 0.3) is 0 Å². The molecule has 0 radical (unpaired) electrons. The van der Waals surface area contributed by atoms with Gasteiger partial charge < -0.3 is 15.0 Å². The predicted octanol–water partition coefficient (Wildman–Crippen LogP) is 3.57. The average molecular weight is 410 g/mol. The molecule has 0 saturated carbocycles. The number of amides is 2. The van der Waals surface area contributed by atoms with Crippen LogP contribution in [0.25, 0.3) is 0 Å². The van der Waals surface area contributed by atoms with E-state index in [-0.39, 0.29) is 11.8 Å². The molecule has 1 aliphatic heterocycles. The van der Waals surface area contributed by atoms with Crippen molar-refractivity contribution < 1.29 is 14.3 Å². The molecule has 0 bridgehead atoms. The number of nitriles is 1. The zero-order valence-corrected chi connectivity index (χ0v) is 17.1. The van der Waals surface area contributed by atoms with Gasteiger partial charge in [0.05, 0.1) is 24.1 Å². The largest absolute Gasteiger partial charge is 0.494 e. The minimum Gasteiger partial charge on any atom is -0.494 e. The molecule has 1 fully saturated rings. The minimum atomic E-state index is -0.485. The van der Waals surface area contributed by atoms with Crippen LogP contribution < -0.4 is 10.1 Å². The first-order chi connectivity index (χ1) is 14.1. The molecule has 29 heavy (non-hydrogen) atoms. The Morgan fingerprint density at radius 3 is 2.79 bits per heavy atom. The monoisotopic (exact) mass is 409 g/mol. The van der Waals surface area contributed by atoms with Crippen LogP contribution in [0.5, 0.6) is 5.75 Å². The summed E-state index contributed by atoms with van der Waals surface area (Å²) in [6, 6.07) is 16.0. The van der Waals surface area contributed by atoms with Crippen LogP contribution in [0.4, 0.5) is 5.69 Å². The molecule has 3 rings (SSSR count). The second-order valence-electron chi connectivity index (χ2n) is 6.83. The lowest BCUT2D eigenvalue weighted by Gasteiger charge is -2.23. The SMILES string of the molecule is Cc1cccc(OCCCC(=O)N2CSCC2C(=O)Nc2ccc(C#N)cc2)c1. The van der Waals surface area contributed by atoms with Crippen molar-refractivity contribution in [3.05, 3.63) is 59.7 Å². The quantitative estimate of drug-likeness (QED) is 0.707. The first-order valence-electron chi connectivity index (χ1n) is 9.44. The molecule has 7 heteroatoms. The molecule has 1 saturated heterocycles. The minimum absolute atomic E-state index is 0.0391. The lowest BCUT2D eigenvalue weighted by Crippen LogP contribution is -2.44. The summed E-state index contributed by atoms with van der Waals surface area (Å²) in [6.07, 6.45) is 0.935. The number of aryl methyl sites for hydroxylation is 1. The van der Waals surface area contributed by atoms with Crippen LogP contribution in [0.3, 0.4) is 0 Å². The van der Waals surface area contributed by atoms with E-state index in [2.05, 4.69) is 5.32 Å². The summed E-state index contributed by atoms with van der Waals surface area (Å²) < 4.78 is 5.69. The van der Waals surface area contributed by atoms with E-state index in [0.29, 0.717) is 42.3 Å². The Balaban J connectivity index is 1.47. The molecule has 1 heterocycles. The number of nitrogens with zero attached hydrogens (tertiary/aromatic N) is 2. The lowest BCUT2D eigenvalue weighted by molar-refractivity contribution is -0.136. The number of carbonyl (C=O) groups is 2. The first-order valence-corrected chi connectivity index (χ1v) is 10.6. The van der Waals surface area contributed by atoms with E-state index in [0.717, 1.165) is 11.3 Å². The van der Waals surface area contributed by atoms with Crippen LogP contribution in [-0.4, -0.2) is 41.0 Å². The zero-order chi connectivity index (χ0) is 20.6. The molecule has 6 nitrogen and oxygen atoms in total. The van der Waals surface area contributed by atoms with Gasteiger partial charge in [-0.3, -0.25) is 9.59 Å². The normalized spacial score (nSPS) is 15.6. The third-order valence-electron chi connectivity index (χ3n) is 4.58. The number of benzene rings is 2. The van der Waals surface area contributed by atoms with Gasteiger partial charge in [-0.15, -0.1) is 11.8 Å². The van der Waals surface area contributed by atoms with Gasteiger partial charge in [0.15, 0.2) is 0 Å². The molecular formula is C22H23N3O3S. The maximum Gasteiger partial charge on any atom is 0.248 e. The van der Waals surface area contributed by atoms with Gasteiger partial charge in [-0.2, -0.15) is 5.26 Å². The van der Waals surface area contributed by atoms with Crippen molar-refractivity contribution in [3.63, 3.8) is 0 Å². The summed E-state index contributed by atoms with van der Waals surface area (Å²) in [5.74, 6) is 1.65. The molecule has 0 spiro atoms. The van der Waals surface area contributed by atoms with Crippen molar-refractivity contribution in [2.24, 2.45) is 0 Å². The van der Waals surface area contributed by atoms with Crippen LogP contribution in [-0.2, 0) is 9.59 Å². The summed E-state index contributed by atoms with van der Waals surface area (Å²) in [6.45, 7) is 2.46.